The quantitative estimate of drug-likeness (QED) is 0.678. The predicted molar refractivity (Wildman–Crippen MR) is 69.1 cm³/mol. The molecule has 18 heavy (non-hydrogen) atoms. The first-order chi connectivity index (χ1) is 8.81. The van der Waals surface area contributed by atoms with Gasteiger partial charge in [-0.3, -0.25) is 4.79 Å². The zero-order valence-corrected chi connectivity index (χ0v) is 9.48. The van der Waals surface area contributed by atoms with Gasteiger partial charge < -0.3 is 4.98 Å². The SMILES string of the molecule is O=Cc1c[nH]c2c(-c3ccccc3F)cccc12. The third-order valence-electron chi connectivity index (χ3n) is 3.04. The Labute approximate surface area is 103 Å². The van der Waals surface area contributed by atoms with Crippen molar-refractivity contribution in [2.45, 2.75) is 0 Å². The molecule has 0 unspecified atom stereocenters. The molecule has 0 atom stereocenters. The number of para-hydroxylation sites is 1. The standard InChI is InChI=1S/C15H10FNO/c16-14-7-2-1-4-12(14)13-6-3-5-11-10(9-18)8-17-15(11)13/h1-9,17H. The van der Waals surface area contributed by atoms with Crippen LogP contribution in [0.25, 0.3) is 22.0 Å². The number of hydrogen-bond acceptors (Lipinski definition) is 1. The number of rotatable bonds is 2. The van der Waals surface area contributed by atoms with E-state index in [4.69, 9.17) is 0 Å². The Hall–Kier alpha value is -2.42. The number of H-pyrrole nitrogens is 1. The lowest BCUT2D eigenvalue weighted by Crippen LogP contribution is -1.85. The highest BCUT2D eigenvalue weighted by Gasteiger charge is 2.10. The summed E-state index contributed by atoms with van der Waals surface area (Å²) in [4.78, 5) is 13.9. The van der Waals surface area contributed by atoms with E-state index in [1.807, 2.05) is 18.2 Å². The van der Waals surface area contributed by atoms with Gasteiger partial charge in [-0.15, -0.1) is 0 Å². The number of aromatic nitrogens is 1. The summed E-state index contributed by atoms with van der Waals surface area (Å²) in [5.41, 5.74) is 2.66. The van der Waals surface area contributed by atoms with Gasteiger partial charge in [-0.25, -0.2) is 4.39 Å². The molecular weight excluding hydrogens is 229 g/mol. The van der Waals surface area contributed by atoms with E-state index in [-0.39, 0.29) is 5.82 Å². The van der Waals surface area contributed by atoms with Crippen LogP contribution in [-0.2, 0) is 0 Å². The largest absolute Gasteiger partial charge is 0.360 e. The van der Waals surface area contributed by atoms with E-state index in [0.29, 0.717) is 11.1 Å². The topological polar surface area (TPSA) is 32.9 Å². The van der Waals surface area contributed by atoms with Crippen LogP contribution in [0.2, 0.25) is 0 Å². The molecule has 3 heteroatoms. The summed E-state index contributed by atoms with van der Waals surface area (Å²) in [6, 6.07) is 12.1. The second-order valence-electron chi connectivity index (χ2n) is 4.07. The van der Waals surface area contributed by atoms with E-state index < -0.39 is 0 Å². The average molecular weight is 239 g/mol. The van der Waals surface area contributed by atoms with Gasteiger partial charge >= 0.3 is 0 Å². The molecule has 88 valence electrons. The molecule has 2 nitrogen and oxygen atoms in total. The highest BCUT2D eigenvalue weighted by Crippen LogP contribution is 2.30. The molecule has 0 spiro atoms. The number of aldehydes is 1. The van der Waals surface area contributed by atoms with Crippen LogP contribution in [-0.4, -0.2) is 11.3 Å². The smallest absolute Gasteiger partial charge is 0.152 e. The molecule has 2 aromatic carbocycles. The van der Waals surface area contributed by atoms with E-state index in [9.17, 15) is 9.18 Å². The summed E-state index contributed by atoms with van der Waals surface area (Å²) < 4.78 is 13.8. The fourth-order valence-corrected chi connectivity index (χ4v) is 2.18. The number of aromatic amines is 1. The lowest BCUT2D eigenvalue weighted by molar-refractivity contribution is 0.112. The Morgan fingerprint density at radius 1 is 1.00 bits per heavy atom. The Morgan fingerprint density at radius 2 is 1.78 bits per heavy atom. The minimum atomic E-state index is -0.271. The number of fused-ring (bicyclic) bond motifs is 1. The molecule has 3 rings (SSSR count). The van der Waals surface area contributed by atoms with Crippen molar-refractivity contribution in [2.24, 2.45) is 0 Å². The van der Waals surface area contributed by atoms with E-state index in [2.05, 4.69) is 4.98 Å². The van der Waals surface area contributed by atoms with Gasteiger partial charge in [-0.2, -0.15) is 0 Å². The summed E-state index contributed by atoms with van der Waals surface area (Å²) in [5.74, 6) is -0.271. The minimum absolute atomic E-state index is 0.271. The first-order valence-electron chi connectivity index (χ1n) is 5.61. The van der Waals surface area contributed by atoms with Crippen LogP contribution in [0.1, 0.15) is 10.4 Å². The minimum Gasteiger partial charge on any atom is -0.360 e. The van der Waals surface area contributed by atoms with Gasteiger partial charge in [0.15, 0.2) is 6.29 Å². The number of halogens is 1. The summed E-state index contributed by atoms with van der Waals surface area (Å²) in [6.07, 6.45) is 2.44. The highest BCUT2D eigenvalue weighted by molar-refractivity contribution is 6.03. The Kier molecular flexibility index (Phi) is 2.45. The molecule has 1 heterocycles. The van der Waals surface area contributed by atoms with Crippen LogP contribution in [0.15, 0.2) is 48.7 Å². The number of nitrogens with one attached hydrogen (secondary N) is 1. The molecule has 1 N–H and O–H groups in total. The second kappa shape index (κ2) is 4.11. The molecule has 0 amide bonds. The first kappa shape index (κ1) is 10.7. The third kappa shape index (κ3) is 1.52. The average Bonchev–Trinajstić information content (AvgIpc) is 2.82. The summed E-state index contributed by atoms with van der Waals surface area (Å²) >= 11 is 0. The highest BCUT2D eigenvalue weighted by atomic mass is 19.1. The molecule has 1 aromatic heterocycles. The van der Waals surface area contributed by atoms with Crippen molar-refractivity contribution in [3.63, 3.8) is 0 Å². The van der Waals surface area contributed by atoms with E-state index >= 15 is 0 Å². The fourth-order valence-electron chi connectivity index (χ4n) is 2.18. The van der Waals surface area contributed by atoms with Crippen LogP contribution >= 0.6 is 0 Å². The van der Waals surface area contributed by atoms with Gasteiger partial charge in [0.1, 0.15) is 5.82 Å². The lowest BCUT2D eigenvalue weighted by atomic mass is 10.0. The van der Waals surface area contributed by atoms with Crippen LogP contribution in [0.4, 0.5) is 4.39 Å². The fraction of sp³-hybridized carbons (Fsp3) is 0. The predicted octanol–water partition coefficient (Wildman–Crippen LogP) is 3.79. The Morgan fingerprint density at radius 3 is 2.56 bits per heavy atom. The zero-order valence-electron chi connectivity index (χ0n) is 9.48. The lowest BCUT2D eigenvalue weighted by Gasteiger charge is -2.05. The van der Waals surface area contributed by atoms with Crippen LogP contribution in [0.5, 0.6) is 0 Å². The molecule has 0 aliphatic heterocycles. The maximum atomic E-state index is 13.8. The van der Waals surface area contributed by atoms with Crippen LogP contribution < -0.4 is 0 Å². The monoisotopic (exact) mass is 239 g/mol. The molecule has 0 aliphatic rings. The van der Waals surface area contributed by atoms with Crippen molar-refractivity contribution < 1.29 is 9.18 Å². The summed E-state index contributed by atoms with van der Waals surface area (Å²) in [6.45, 7) is 0. The van der Waals surface area contributed by atoms with Crippen LogP contribution in [0, 0.1) is 5.82 Å². The second-order valence-corrected chi connectivity index (χ2v) is 4.07. The van der Waals surface area contributed by atoms with Gasteiger partial charge in [0.05, 0.1) is 5.52 Å². The number of carbonyl (C=O) groups excluding carboxylic acids is 1. The molecule has 0 saturated heterocycles. The van der Waals surface area contributed by atoms with Gasteiger partial charge in [0, 0.05) is 28.3 Å². The van der Waals surface area contributed by atoms with Crippen molar-refractivity contribution in [3.05, 3.63) is 60.0 Å². The van der Waals surface area contributed by atoms with E-state index in [1.54, 1.807) is 24.4 Å². The van der Waals surface area contributed by atoms with Gasteiger partial charge in [0.25, 0.3) is 0 Å². The first-order valence-corrected chi connectivity index (χ1v) is 5.61. The van der Waals surface area contributed by atoms with E-state index in [1.165, 1.54) is 6.07 Å². The molecule has 0 saturated carbocycles. The number of benzene rings is 2. The van der Waals surface area contributed by atoms with Gasteiger partial charge in [0.2, 0.25) is 0 Å². The van der Waals surface area contributed by atoms with Crippen molar-refractivity contribution in [2.75, 3.05) is 0 Å². The van der Waals surface area contributed by atoms with Gasteiger partial charge in [-0.05, 0) is 6.07 Å². The van der Waals surface area contributed by atoms with Crippen molar-refractivity contribution >= 4 is 17.2 Å². The van der Waals surface area contributed by atoms with Crippen molar-refractivity contribution in [1.29, 1.82) is 0 Å². The van der Waals surface area contributed by atoms with Crippen LogP contribution in [0.3, 0.4) is 0 Å². The molecule has 0 bridgehead atoms. The molecular formula is C15H10FNO. The maximum Gasteiger partial charge on any atom is 0.152 e. The molecule has 0 radical (unpaired) electrons. The Bertz CT molecular complexity index is 730. The third-order valence-corrected chi connectivity index (χ3v) is 3.04. The summed E-state index contributed by atoms with van der Waals surface area (Å²) in [7, 11) is 0. The zero-order chi connectivity index (χ0) is 12.5. The molecule has 3 aromatic rings. The maximum absolute atomic E-state index is 13.8. The van der Waals surface area contributed by atoms with Gasteiger partial charge in [-0.1, -0.05) is 36.4 Å². The molecule has 0 fully saturated rings. The number of carbonyl (C=O) groups is 1. The van der Waals surface area contributed by atoms with Crippen molar-refractivity contribution in [1.82, 2.24) is 4.98 Å². The normalized spacial score (nSPS) is 10.7. The summed E-state index contributed by atoms with van der Waals surface area (Å²) in [5, 5.41) is 0.811. The Balaban J connectivity index is 2.34. The van der Waals surface area contributed by atoms with Crippen molar-refractivity contribution in [3.8, 4) is 11.1 Å². The van der Waals surface area contributed by atoms with E-state index in [0.717, 1.165) is 22.8 Å². The molecule has 0 aliphatic carbocycles. The number of hydrogen-bond donors (Lipinski definition) is 1.